The number of aliphatic hydroxyl groups is 1. The van der Waals surface area contributed by atoms with E-state index in [2.05, 4.69) is 6.07 Å². The number of piperidine rings is 1. The Morgan fingerprint density at radius 1 is 1.45 bits per heavy atom. The molecule has 1 amide bonds. The molecule has 3 rings (SSSR count). The fourth-order valence-corrected chi connectivity index (χ4v) is 2.74. The van der Waals surface area contributed by atoms with Crippen LogP contribution >= 0.6 is 0 Å². The van der Waals surface area contributed by atoms with Gasteiger partial charge < -0.3 is 14.7 Å². The first-order valence-corrected chi connectivity index (χ1v) is 7.13. The van der Waals surface area contributed by atoms with Gasteiger partial charge >= 0.3 is 0 Å². The van der Waals surface area contributed by atoms with Crippen LogP contribution in [0.25, 0.3) is 6.08 Å². The fourth-order valence-electron chi connectivity index (χ4n) is 2.74. The van der Waals surface area contributed by atoms with Crippen LogP contribution in [-0.4, -0.2) is 41.7 Å². The van der Waals surface area contributed by atoms with E-state index in [0.29, 0.717) is 6.54 Å². The lowest BCUT2D eigenvalue weighted by Gasteiger charge is -2.29. The first-order chi connectivity index (χ1) is 9.72. The van der Waals surface area contributed by atoms with Crippen LogP contribution in [0.3, 0.4) is 0 Å². The van der Waals surface area contributed by atoms with Crippen molar-refractivity contribution in [2.75, 3.05) is 19.7 Å². The molecule has 4 heteroatoms. The molecule has 2 heterocycles. The molecule has 2 aliphatic rings. The summed E-state index contributed by atoms with van der Waals surface area (Å²) in [7, 11) is 0. The number of hydrogen-bond acceptors (Lipinski definition) is 3. The first kappa shape index (κ1) is 13.2. The van der Waals surface area contributed by atoms with Gasteiger partial charge in [-0.3, -0.25) is 4.79 Å². The largest absolute Gasteiger partial charge is 0.493 e. The van der Waals surface area contributed by atoms with E-state index in [1.165, 1.54) is 5.56 Å². The molecule has 0 saturated carbocycles. The van der Waals surface area contributed by atoms with Crippen LogP contribution in [0.15, 0.2) is 24.3 Å². The van der Waals surface area contributed by atoms with Gasteiger partial charge in [-0.1, -0.05) is 6.07 Å². The second-order valence-electron chi connectivity index (χ2n) is 5.38. The Labute approximate surface area is 118 Å². The van der Waals surface area contributed by atoms with Crippen molar-refractivity contribution in [3.8, 4) is 5.75 Å². The highest BCUT2D eigenvalue weighted by Gasteiger charge is 2.20. The number of benzene rings is 1. The predicted molar refractivity (Wildman–Crippen MR) is 76.5 cm³/mol. The number of carbonyl (C=O) groups is 1. The summed E-state index contributed by atoms with van der Waals surface area (Å²) in [5, 5.41) is 9.59. The molecule has 20 heavy (non-hydrogen) atoms. The highest BCUT2D eigenvalue weighted by atomic mass is 16.5. The summed E-state index contributed by atoms with van der Waals surface area (Å²) in [5.74, 6) is 0.924. The van der Waals surface area contributed by atoms with Crippen molar-refractivity contribution < 1.29 is 14.6 Å². The Balaban J connectivity index is 1.66. The second kappa shape index (κ2) is 5.67. The number of fused-ring (bicyclic) bond motifs is 1. The van der Waals surface area contributed by atoms with Crippen molar-refractivity contribution in [2.24, 2.45) is 0 Å². The number of β-amino-alcohol motifs (C(OH)–C–C–N with tert-alkyl or cyclic N) is 1. The maximum atomic E-state index is 12.1. The minimum atomic E-state index is -0.377. The van der Waals surface area contributed by atoms with E-state index in [0.717, 1.165) is 43.7 Å². The smallest absolute Gasteiger partial charge is 0.246 e. The Morgan fingerprint density at radius 3 is 3.20 bits per heavy atom. The fraction of sp³-hybridized carbons (Fsp3) is 0.438. The second-order valence-corrected chi connectivity index (χ2v) is 5.38. The van der Waals surface area contributed by atoms with Gasteiger partial charge in [0.15, 0.2) is 0 Å². The zero-order valence-electron chi connectivity index (χ0n) is 11.4. The molecule has 0 radical (unpaired) electrons. The summed E-state index contributed by atoms with van der Waals surface area (Å²) in [5.41, 5.74) is 2.22. The molecule has 1 fully saturated rings. The molecule has 0 aliphatic carbocycles. The topological polar surface area (TPSA) is 49.8 Å². The van der Waals surface area contributed by atoms with Crippen LogP contribution < -0.4 is 4.74 Å². The first-order valence-electron chi connectivity index (χ1n) is 7.13. The zero-order valence-corrected chi connectivity index (χ0v) is 11.4. The van der Waals surface area contributed by atoms with Gasteiger partial charge in [0.1, 0.15) is 5.75 Å². The minimum Gasteiger partial charge on any atom is -0.493 e. The average Bonchev–Trinajstić information content (AvgIpc) is 2.92. The van der Waals surface area contributed by atoms with Crippen molar-refractivity contribution >= 4 is 12.0 Å². The Bertz CT molecular complexity index is 539. The van der Waals surface area contributed by atoms with E-state index in [1.54, 1.807) is 11.0 Å². The highest BCUT2D eigenvalue weighted by molar-refractivity contribution is 5.91. The molecule has 0 spiro atoms. The lowest BCUT2D eigenvalue weighted by Crippen LogP contribution is -2.41. The zero-order chi connectivity index (χ0) is 13.9. The molecular formula is C16H19NO3. The molecule has 1 atom stereocenters. The summed E-state index contributed by atoms with van der Waals surface area (Å²) >= 11 is 0. The van der Waals surface area contributed by atoms with Crippen LogP contribution in [0.2, 0.25) is 0 Å². The Kier molecular flexibility index (Phi) is 3.74. The molecule has 106 valence electrons. The molecule has 1 unspecified atom stereocenters. The van der Waals surface area contributed by atoms with Crippen LogP contribution in [0, 0.1) is 0 Å². The summed E-state index contributed by atoms with van der Waals surface area (Å²) in [6, 6.07) is 5.98. The van der Waals surface area contributed by atoms with Crippen LogP contribution in [0.1, 0.15) is 24.0 Å². The summed E-state index contributed by atoms with van der Waals surface area (Å²) < 4.78 is 5.46. The van der Waals surface area contributed by atoms with Gasteiger partial charge in [-0.2, -0.15) is 0 Å². The number of ether oxygens (including phenoxy) is 1. The Hall–Kier alpha value is -1.81. The summed E-state index contributed by atoms with van der Waals surface area (Å²) in [4.78, 5) is 13.8. The van der Waals surface area contributed by atoms with Crippen LogP contribution in [0.4, 0.5) is 0 Å². The third-order valence-electron chi connectivity index (χ3n) is 3.84. The number of hydrogen-bond donors (Lipinski definition) is 1. The molecule has 1 aromatic carbocycles. The van der Waals surface area contributed by atoms with E-state index >= 15 is 0 Å². The third kappa shape index (κ3) is 2.85. The standard InChI is InChI=1S/C16H19NO3/c18-14-2-1-8-17(11-14)16(19)6-4-12-3-5-15-13(10-12)7-9-20-15/h3-6,10,14,18H,1-2,7-9,11H2. The van der Waals surface area contributed by atoms with Gasteiger partial charge in [0.25, 0.3) is 0 Å². The molecular weight excluding hydrogens is 254 g/mol. The molecule has 0 aromatic heterocycles. The quantitative estimate of drug-likeness (QED) is 0.833. The normalized spacial score (nSPS) is 21.9. The van der Waals surface area contributed by atoms with E-state index in [-0.39, 0.29) is 12.0 Å². The van der Waals surface area contributed by atoms with E-state index in [9.17, 15) is 9.90 Å². The number of nitrogens with zero attached hydrogens (tertiary/aromatic N) is 1. The summed E-state index contributed by atoms with van der Waals surface area (Å²) in [6.07, 6.45) is 5.65. The highest BCUT2D eigenvalue weighted by Crippen LogP contribution is 2.26. The van der Waals surface area contributed by atoms with Crippen molar-refractivity contribution in [1.29, 1.82) is 0 Å². The molecule has 4 nitrogen and oxygen atoms in total. The van der Waals surface area contributed by atoms with Gasteiger partial charge in [0.05, 0.1) is 12.7 Å². The lowest BCUT2D eigenvalue weighted by atomic mass is 10.1. The minimum absolute atomic E-state index is 0.0273. The van der Waals surface area contributed by atoms with Gasteiger partial charge in [0.2, 0.25) is 5.91 Å². The van der Waals surface area contributed by atoms with Crippen LogP contribution in [-0.2, 0) is 11.2 Å². The molecule has 2 aliphatic heterocycles. The van der Waals surface area contributed by atoms with Crippen LogP contribution in [0.5, 0.6) is 5.75 Å². The Morgan fingerprint density at radius 2 is 2.35 bits per heavy atom. The van der Waals surface area contributed by atoms with E-state index in [4.69, 9.17) is 4.74 Å². The monoisotopic (exact) mass is 273 g/mol. The maximum absolute atomic E-state index is 12.1. The average molecular weight is 273 g/mol. The predicted octanol–water partition coefficient (Wildman–Crippen LogP) is 1.62. The third-order valence-corrected chi connectivity index (χ3v) is 3.84. The lowest BCUT2D eigenvalue weighted by molar-refractivity contribution is -0.128. The SMILES string of the molecule is O=C(C=Cc1ccc2c(c1)CCO2)N1CCCC(O)C1. The number of likely N-dealkylation sites (tertiary alicyclic amines) is 1. The maximum Gasteiger partial charge on any atom is 0.246 e. The molecule has 1 N–H and O–H groups in total. The number of amides is 1. The van der Waals surface area contributed by atoms with Gasteiger partial charge in [-0.05, 0) is 42.2 Å². The molecule has 1 saturated heterocycles. The van der Waals surface area contributed by atoms with Crippen molar-refractivity contribution in [3.63, 3.8) is 0 Å². The number of aliphatic hydroxyl groups excluding tert-OH is 1. The van der Waals surface area contributed by atoms with Gasteiger partial charge in [-0.15, -0.1) is 0 Å². The van der Waals surface area contributed by atoms with Gasteiger partial charge in [0, 0.05) is 25.6 Å². The number of carbonyl (C=O) groups excluding carboxylic acids is 1. The van der Waals surface area contributed by atoms with E-state index < -0.39 is 0 Å². The van der Waals surface area contributed by atoms with E-state index in [1.807, 2.05) is 18.2 Å². The van der Waals surface area contributed by atoms with Gasteiger partial charge in [-0.25, -0.2) is 0 Å². The van der Waals surface area contributed by atoms with Crippen molar-refractivity contribution in [3.05, 3.63) is 35.4 Å². The molecule has 0 bridgehead atoms. The molecule has 1 aromatic rings. The number of rotatable bonds is 2. The van der Waals surface area contributed by atoms with Crippen molar-refractivity contribution in [2.45, 2.75) is 25.4 Å². The summed E-state index contributed by atoms with van der Waals surface area (Å²) in [6.45, 7) is 1.92. The van der Waals surface area contributed by atoms with Crippen molar-refractivity contribution in [1.82, 2.24) is 4.90 Å².